The Kier molecular flexibility index (Phi) is 3.06. The molecule has 0 atom stereocenters. The fraction of sp³-hybridized carbons (Fsp3) is 0.0667. The number of halogens is 1. The van der Waals surface area contributed by atoms with Crippen molar-refractivity contribution in [3.63, 3.8) is 0 Å². The lowest BCUT2D eigenvalue weighted by Crippen LogP contribution is -2.02. The molecule has 0 spiro atoms. The molecule has 3 rings (SSSR count). The normalized spacial score (nSPS) is 10.6. The second-order valence-corrected chi connectivity index (χ2v) is 4.23. The van der Waals surface area contributed by atoms with E-state index >= 15 is 0 Å². The Bertz CT molecular complexity index is 712. The van der Waals surface area contributed by atoms with Crippen LogP contribution in [0.25, 0.3) is 10.9 Å². The smallest absolute Gasteiger partial charge is 0.214 e. The van der Waals surface area contributed by atoms with Crippen LogP contribution < -0.4 is 5.32 Å². The van der Waals surface area contributed by atoms with Crippen molar-refractivity contribution in [3.05, 3.63) is 66.2 Å². The van der Waals surface area contributed by atoms with Gasteiger partial charge in [-0.2, -0.15) is 4.39 Å². The minimum atomic E-state index is -0.479. The molecule has 3 nitrogen and oxygen atoms in total. The standard InChI is InChI=1S/C15H12FN3/c16-14-4-1-5-15(19-14)18-10-11-6-7-13-12(9-11)3-2-8-17-13/h1-9H,10H2,(H,18,19). The third kappa shape index (κ3) is 2.68. The van der Waals surface area contributed by atoms with Gasteiger partial charge in [-0.3, -0.25) is 4.98 Å². The van der Waals surface area contributed by atoms with Crippen molar-refractivity contribution in [2.24, 2.45) is 0 Å². The summed E-state index contributed by atoms with van der Waals surface area (Å²) in [6.45, 7) is 0.598. The Balaban J connectivity index is 1.78. The molecular formula is C15H12FN3. The molecule has 2 heterocycles. The van der Waals surface area contributed by atoms with Crippen LogP contribution in [0.15, 0.2) is 54.7 Å². The number of pyridine rings is 2. The van der Waals surface area contributed by atoms with Gasteiger partial charge in [-0.1, -0.05) is 18.2 Å². The number of nitrogens with one attached hydrogen (secondary N) is 1. The zero-order valence-corrected chi connectivity index (χ0v) is 10.2. The molecule has 0 amide bonds. The van der Waals surface area contributed by atoms with Crippen molar-refractivity contribution >= 4 is 16.7 Å². The summed E-state index contributed by atoms with van der Waals surface area (Å²) in [5.41, 5.74) is 2.07. The Morgan fingerprint density at radius 3 is 2.89 bits per heavy atom. The van der Waals surface area contributed by atoms with Crippen molar-refractivity contribution in [1.29, 1.82) is 0 Å². The van der Waals surface area contributed by atoms with Crippen molar-refractivity contribution in [2.45, 2.75) is 6.54 Å². The topological polar surface area (TPSA) is 37.8 Å². The number of benzene rings is 1. The predicted octanol–water partition coefficient (Wildman–Crippen LogP) is 3.38. The van der Waals surface area contributed by atoms with Crippen molar-refractivity contribution in [3.8, 4) is 0 Å². The monoisotopic (exact) mass is 253 g/mol. The van der Waals surface area contributed by atoms with E-state index in [4.69, 9.17) is 0 Å². The molecule has 19 heavy (non-hydrogen) atoms. The molecule has 4 heteroatoms. The molecule has 0 saturated carbocycles. The fourth-order valence-corrected chi connectivity index (χ4v) is 1.93. The number of fused-ring (bicyclic) bond motifs is 1. The van der Waals surface area contributed by atoms with Crippen molar-refractivity contribution in [2.75, 3.05) is 5.32 Å². The van der Waals surface area contributed by atoms with E-state index in [-0.39, 0.29) is 0 Å². The predicted molar refractivity (Wildman–Crippen MR) is 73.3 cm³/mol. The van der Waals surface area contributed by atoms with Crippen molar-refractivity contribution in [1.82, 2.24) is 9.97 Å². The van der Waals surface area contributed by atoms with Gasteiger partial charge in [0.25, 0.3) is 0 Å². The highest BCUT2D eigenvalue weighted by atomic mass is 19.1. The fourth-order valence-electron chi connectivity index (χ4n) is 1.93. The van der Waals surface area contributed by atoms with Gasteiger partial charge in [0, 0.05) is 18.1 Å². The second kappa shape index (κ2) is 5.02. The Labute approximate surface area is 110 Å². The minimum Gasteiger partial charge on any atom is -0.366 e. The first-order valence-corrected chi connectivity index (χ1v) is 6.01. The number of nitrogens with zero attached hydrogens (tertiary/aromatic N) is 2. The molecule has 0 radical (unpaired) electrons. The Morgan fingerprint density at radius 1 is 1.05 bits per heavy atom. The summed E-state index contributed by atoms with van der Waals surface area (Å²) < 4.78 is 12.9. The van der Waals surface area contributed by atoms with Crippen LogP contribution in [0.3, 0.4) is 0 Å². The maximum Gasteiger partial charge on any atom is 0.214 e. The van der Waals surface area contributed by atoms with Crippen molar-refractivity contribution < 1.29 is 4.39 Å². The van der Waals surface area contributed by atoms with Gasteiger partial charge in [0.15, 0.2) is 0 Å². The summed E-state index contributed by atoms with van der Waals surface area (Å²) in [5.74, 6) is 0.0546. The molecule has 94 valence electrons. The van der Waals surface area contributed by atoms with Gasteiger partial charge >= 0.3 is 0 Å². The molecular weight excluding hydrogens is 241 g/mol. The molecule has 0 saturated heterocycles. The van der Waals surface area contributed by atoms with E-state index in [9.17, 15) is 4.39 Å². The summed E-state index contributed by atoms with van der Waals surface area (Å²) in [6, 6.07) is 14.7. The van der Waals surface area contributed by atoms with Gasteiger partial charge in [-0.25, -0.2) is 4.98 Å². The van der Waals surface area contributed by atoms with Gasteiger partial charge in [-0.15, -0.1) is 0 Å². The van der Waals surface area contributed by atoms with E-state index in [1.165, 1.54) is 6.07 Å². The number of hydrogen-bond donors (Lipinski definition) is 1. The average molecular weight is 253 g/mol. The number of rotatable bonds is 3. The third-order valence-electron chi connectivity index (χ3n) is 2.86. The summed E-state index contributed by atoms with van der Waals surface area (Å²) in [6.07, 6.45) is 1.77. The van der Waals surface area contributed by atoms with E-state index < -0.39 is 5.95 Å². The SMILES string of the molecule is Fc1cccc(NCc2ccc3ncccc3c2)n1. The number of anilines is 1. The first kappa shape index (κ1) is 11.6. The molecule has 0 fully saturated rings. The van der Waals surface area contributed by atoms with E-state index in [1.807, 2.05) is 24.3 Å². The average Bonchev–Trinajstić information content (AvgIpc) is 2.45. The lowest BCUT2D eigenvalue weighted by Gasteiger charge is -2.06. The highest BCUT2D eigenvalue weighted by molar-refractivity contribution is 5.78. The summed E-state index contributed by atoms with van der Waals surface area (Å²) in [5, 5.41) is 4.19. The molecule has 0 bridgehead atoms. The van der Waals surface area contributed by atoms with Gasteiger partial charge in [-0.05, 0) is 35.9 Å². The molecule has 1 aromatic carbocycles. The molecule has 0 aliphatic carbocycles. The lowest BCUT2D eigenvalue weighted by atomic mass is 10.1. The molecule has 2 aromatic heterocycles. The Hall–Kier alpha value is -2.49. The lowest BCUT2D eigenvalue weighted by molar-refractivity contribution is 0.585. The maximum absolute atomic E-state index is 12.9. The van der Waals surface area contributed by atoms with Crippen LogP contribution in [-0.4, -0.2) is 9.97 Å². The zero-order valence-electron chi connectivity index (χ0n) is 10.2. The van der Waals surface area contributed by atoms with Crippen LogP contribution in [0.5, 0.6) is 0 Å². The van der Waals surface area contributed by atoms with E-state index in [0.717, 1.165) is 16.5 Å². The highest BCUT2D eigenvalue weighted by Gasteiger charge is 1.99. The van der Waals surface area contributed by atoms with Crippen LogP contribution in [0.1, 0.15) is 5.56 Å². The molecule has 0 unspecified atom stereocenters. The molecule has 3 aromatic rings. The molecule has 0 aliphatic heterocycles. The maximum atomic E-state index is 12.9. The van der Waals surface area contributed by atoms with Gasteiger partial charge in [0.2, 0.25) is 5.95 Å². The van der Waals surface area contributed by atoms with Crippen LogP contribution >= 0.6 is 0 Å². The summed E-state index contributed by atoms with van der Waals surface area (Å²) >= 11 is 0. The van der Waals surface area contributed by atoms with Crippen LogP contribution in [0.2, 0.25) is 0 Å². The first-order chi connectivity index (χ1) is 9.31. The summed E-state index contributed by atoms with van der Waals surface area (Å²) in [7, 11) is 0. The van der Waals surface area contributed by atoms with Gasteiger partial charge in [0.1, 0.15) is 5.82 Å². The largest absolute Gasteiger partial charge is 0.366 e. The van der Waals surface area contributed by atoms with E-state index in [1.54, 1.807) is 18.3 Å². The molecule has 0 aliphatic rings. The van der Waals surface area contributed by atoms with Gasteiger partial charge in [0.05, 0.1) is 5.52 Å². The van der Waals surface area contributed by atoms with E-state index in [2.05, 4.69) is 21.4 Å². The molecule has 1 N–H and O–H groups in total. The van der Waals surface area contributed by atoms with Crippen LogP contribution in [0.4, 0.5) is 10.2 Å². The van der Waals surface area contributed by atoms with Crippen LogP contribution in [0, 0.1) is 5.95 Å². The zero-order chi connectivity index (χ0) is 13.1. The van der Waals surface area contributed by atoms with Gasteiger partial charge < -0.3 is 5.32 Å². The Morgan fingerprint density at radius 2 is 2.00 bits per heavy atom. The summed E-state index contributed by atoms with van der Waals surface area (Å²) in [4.78, 5) is 8.03. The van der Waals surface area contributed by atoms with E-state index in [0.29, 0.717) is 12.4 Å². The third-order valence-corrected chi connectivity index (χ3v) is 2.86. The van der Waals surface area contributed by atoms with Crippen LogP contribution in [-0.2, 0) is 6.54 Å². The number of aromatic nitrogens is 2. The number of hydrogen-bond acceptors (Lipinski definition) is 3. The quantitative estimate of drug-likeness (QED) is 0.727. The second-order valence-electron chi connectivity index (χ2n) is 4.23. The first-order valence-electron chi connectivity index (χ1n) is 6.01. The minimum absolute atomic E-state index is 0.479. The highest BCUT2D eigenvalue weighted by Crippen LogP contribution is 2.14.